The molecule has 5 heteroatoms. The Bertz CT molecular complexity index is 456. The number of carbonyl (C=O) groups excluding carboxylic acids is 1. The first kappa shape index (κ1) is 14.0. The van der Waals surface area contributed by atoms with E-state index in [1.807, 2.05) is 13.8 Å². The van der Waals surface area contributed by atoms with E-state index in [2.05, 4.69) is 15.5 Å². The summed E-state index contributed by atoms with van der Waals surface area (Å²) in [6, 6.07) is 6.22. The molecule has 0 spiro atoms. The quantitative estimate of drug-likeness (QED) is 0.869. The summed E-state index contributed by atoms with van der Waals surface area (Å²) in [6.45, 7) is 7.12. The van der Waals surface area contributed by atoms with Crippen molar-refractivity contribution in [1.82, 2.24) is 10.2 Å². The predicted molar refractivity (Wildman–Crippen MR) is 73.6 cm³/mol. The molecule has 0 bridgehead atoms. The lowest BCUT2D eigenvalue weighted by molar-refractivity contribution is -0.126. The molecule has 1 aromatic rings. The summed E-state index contributed by atoms with van der Waals surface area (Å²) in [6.07, 6.45) is 0. The molecule has 1 aliphatic rings. The maximum Gasteiger partial charge on any atom is 0.244 e. The zero-order valence-electron chi connectivity index (χ0n) is 11.4. The molecule has 1 amide bonds. The molecule has 19 heavy (non-hydrogen) atoms. The molecular formula is C14H20FN3O. The van der Waals surface area contributed by atoms with E-state index in [1.54, 1.807) is 18.2 Å². The molecule has 2 N–H and O–H groups in total. The van der Waals surface area contributed by atoms with E-state index in [-0.39, 0.29) is 11.6 Å². The molecule has 0 atom stereocenters. The molecule has 1 aromatic carbocycles. The first-order valence-electron chi connectivity index (χ1n) is 6.53. The Balaban J connectivity index is 2.08. The van der Waals surface area contributed by atoms with E-state index in [0.717, 1.165) is 26.2 Å². The normalized spacial score (nSPS) is 17.2. The second kappa shape index (κ2) is 5.67. The van der Waals surface area contributed by atoms with Gasteiger partial charge in [-0.05, 0) is 26.0 Å². The fourth-order valence-corrected chi connectivity index (χ4v) is 2.21. The monoisotopic (exact) mass is 265 g/mol. The molecule has 0 unspecified atom stereocenters. The average Bonchev–Trinajstić information content (AvgIpc) is 2.42. The molecule has 0 radical (unpaired) electrons. The van der Waals surface area contributed by atoms with Crippen molar-refractivity contribution in [2.24, 2.45) is 0 Å². The standard InChI is InChI=1S/C14H20FN3O/c1-14(2,18-9-7-16-8-10-18)13(19)17-12-6-4-3-5-11(12)15/h3-6,16H,7-10H2,1-2H3,(H,17,19). The third-order valence-corrected chi connectivity index (χ3v) is 3.59. The molecule has 0 aliphatic carbocycles. The van der Waals surface area contributed by atoms with Gasteiger partial charge in [0.05, 0.1) is 11.2 Å². The fraction of sp³-hybridized carbons (Fsp3) is 0.500. The second-order valence-corrected chi connectivity index (χ2v) is 5.23. The Hall–Kier alpha value is -1.46. The first-order valence-corrected chi connectivity index (χ1v) is 6.53. The molecule has 1 aliphatic heterocycles. The van der Waals surface area contributed by atoms with Gasteiger partial charge in [-0.25, -0.2) is 4.39 Å². The van der Waals surface area contributed by atoms with Gasteiger partial charge >= 0.3 is 0 Å². The highest BCUT2D eigenvalue weighted by atomic mass is 19.1. The third kappa shape index (κ3) is 3.11. The number of anilines is 1. The Labute approximate surface area is 113 Å². The minimum absolute atomic E-state index is 0.181. The van der Waals surface area contributed by atoms with Gasteiger partial charge in [0.25, 0.3) is 0 Å². The van der Waals surface area contributed by atoms with Gasteiger partial charge in [-0.3, -0.25) is 9.69 Å². The van der Waals surface area contributed by atoms with Crippen LogP contribution in [0.1, 0.15) is 13.8 Å². The summed E-state index contributed by atoms with van der Waals surface area (Å²) < 4.78 is 13.5. The van der Waals surface area contributed by atoms with Crippen molar-refractivity contribution in [3.05, 3.63) is 30.1 Å². The van der Waals surface area contributed by atoms with Crippen molar-refractivity contribution in [2.45, 2.75) is 19.4 Å². The molecule has 1 saturated heterocycles. The van der Waals surface area contributed by atoms with E-state index in [9.17, 15) is 9.18 Å². The molecule has 1 fully saturated rings. The highest BCUT2D eigenvalue weighted by molar-refractivity contribution is 5.97. The molecule has 0 saturated carbocycles. The zero-order valence-corrected chi connectivity index (χ0v) is 11.4. The lowest BCUT2D eigenvalue weighted by Crippen LogP contribution is -2.58. The van der Waals surface area contributed by atoms with Crippen LogP contribution in [0.25, 0.3) is 0 Å². The van der Waals surface area contributed by atoms with Gasteiger partial charge in [0.1, 0.15) is 5.82 Å². The van der Waals surface area contributed by atoms with Crippen molar-refractivity contribution in [3.63, 3.8) is 0 Å². The predicted octanol–water partition coefficient (Wildman–Crippen LogP) is 1.45. The van der Waals surface area contributed by atoms with Gasteiger partial charge in [-0.2, -0.15) is 0 Å². The summed E-state index contributed by atoms with van der Waals surface area (Å²) in [5, 5.41) is 5.92. The Morgan fingerprint density at radius 3 is 2.58 bits per heavy atom. The third-order valence-electron chi connectivity index (χ3n) is 3.59. The average molecular weight is 265 g/mol. The van der Waals surface area contributed by atoms with Crippen molar-refractivity contribution in [2.75, 3.05) is 31.5 Å². The van der Waals surface area contributed by atoms with Crippen LogP contribution in [0.4, 0.5) is 10.1 Å². The minimum Gasteiger partial charge on any atom is -0.322 e. The zero-order chi connectivity index (χ0) is 13.9. The number of nitrogens with one attached hydrogen (secondary N) is 2. The second-order valence-electron chi connectivity index (χ2n) is 5.23. The molecule has 2 rings (SSSR count). The Morgan fingerprint density at radius 2 is 1.95 bits per heavy atom. The van der Waals surface area contributed by atoms with Crippen LogP contribution in [0.2, 0.25) is 0 Å². The molecule has 104 valence electrons. The van der Waals surface area contributed by atoms with Gasteiger partial charge in [0, 0.05) is 26.2 Å². The summed E-state index contributed by atoms with van der Waals surface area (Å²) in [4.78, 5) is 14.5. The van der Waals surface area contributed by atoms with E-state index >= 15 is 0 Å². The number of benzene rings is 1. The van der Waals surface area contributed by atoms with Gasteiger partial charge in [-0.15, -0.1) is 0 Å². The van der Waals surface area contributed by atoms with Crippen molar-refractivity contribution in [3.8, 4) is 0 Å². The lowest BCUT2D eigenvalue weighted by atomic mass is 10.0. The number of halogens is 1. The minimum atomic E-state index is -0.648. The topological polar surface area (TPSA) is 44.4 Å². The van der Waals surface area contributed by atoms with Crippen LogP contribution in [-0.4, -0.2) is 42.5 Å². The summed E-state index contributed by atoms with van der Waals surface area (Å²) in [5.41, 5.74) is -0.416. The van der Waals surface area contributed by atoms with E-state index in [1.165, 1.54) is 6.07 Å². The number of rotatable bonds is 3. The van der Waals surface area contributed by atoms with Crippen LogP contribution in [0.3, 0.4) is 0 Å². The molecule has 4 nitrogen and oxygen atoms in total. The van der Waals surface area contributed by atoms with Gasteiger partial charge in [0.15, 0.2) is 0 Å². The SMILES string of the molecule is CC(C)(C(=O)Nc1ccccc1F)N1CCNCC1. The number of carbonyl (C=O) groups is 1. The number of piperazine rings is 1. The highest BCUT2D eigenvalue weighted by Crippen LogP contribution is 2.19. The molecule has 1 heterocycles. The van der Waals surface area contributed by atoms with Gasteiger partial charge in [-0.1, -0.05) is 12.1 Å². The van der Waals surface area contributed by atoms with Crippen LogP contribution < -0.4 is 10.6 Å². The van der Waals surface area contributed by atoms with Crippen molar-refractivity contribution >= 4 is 11.6 Å². The maximum absolute atomic E-state index is 13.5. The van der Waals surface area contributed by atoms with E-state index in [0.29, 0.717) is 0 Å². The summed E-state index contributed by atoms with van der Waals surface area (Å²) in [7, 11) is 0. The smallest absolute Gasteiger partial charge is 0.244 e. The number of hydrogen-bond donors (Lipinski definition) is 2. The van der Waals surface area contributed by atoms with Crippen LogP contribution in [0.15, 0.2) is 24.3 Å². The maximum atomic E-state index is 13.5. The number of nitrogens with zero attached hydrogens (tertiary/aromatic N) is 1. The van der Waals surface area contributed by atoms with Crippen LogP contribution >= 0.6 is 0 Å². The molecule has 0 aromatic heterocycles. The van der Waals surface area contributed by atoms with Crippen LogP contribution in [0, 0.1) is 5.82 Å². The van der Waals surface area contributed by atoms with Gasteiger partial charge in [0.2, 0.25) is 5.91 Å². The fourth-order valence-electron chi connectivity index (χ4n) is 2.21. The Kier molecular flexibility index (Phi) is 4.17. The highest BCUT2D eigenvalue weighted by Gasteiger charge is 2.35. The Morgan fingerprint density at radius 1 is 1.32 bits per heavy atom. The van der Waals surface area contributed by atoms with Gasteiger partial charge < -0.3 is 10.6 Å². The van der Waals surface area contributed by atoms with Crippen LogP contribution in [0.5, 0.6) is 0 Å². The van der Waals surface area contributed by atoms with Crippen molar-refractivity contribution in [1.29, 1.82) is 0 Å². The van der Waals surface area contributed by atoms with Crippen molar-refractivity contribution < 1.29 is 9.18 Å². The lowest BCUT2D eigenvalue weighted by Gasteiger charge is -2.39. The number of para-hydroxylation sites is 1. The van der Waals surface area contributed by atoms with E-state index < -0.39 is 11.4 Å². The summed E-state index contributed by atoms with van der Waals surface area (Å²) in [5.74, 6) is -0.591. The molecular weight excluding hydrogens is 245 g/mol. The van der Waals surface area contributed by atoms with Crippen LogP contribution in [-0.2, 0) is 4.79 Å². The largest absolute Gasteiger partial charge is 0.322 e. The van der Waals surface area contributed by atoms with E-state index in [4.69, 9.17) is 0 Å². The number of amides is 1. The summed E-state index contributed by atoms with van der Waals surface area (Å²) >= 11 is 0. The first-order chi connectivity index (χ1) is 9.01. The number of hydrogen-bond acceptors (Lipinski definition) is 3.